The van der Waals surface area contributed by atoms with Crippen LogP contribution < -0.4 is 0 Å². The SMILES string of the molecule is C=C1C(Br)=CC=C(c2cc(F)cc(F)c2)N1CC. The van der Waals surface area contributed by atoms with Gasteiger partial charge in [-0.15, -0.1) is 0 Å². The van der Waals surface area contributed by atoms with E-state index in [1.165, 1.54) is 12.1 Å². The third-order valence-electron chi connectivity index (χ3n) is 2.75. The summed E-state index contributed by atoms with van der Waals surface area (Å²) in [7, 11) is 0. The largest absolute Gasteiger partial charge is 0.341 e. The fourth-order valence-corrected chi connectivity index (χ4v) is 2.27. The van der Waals surface area contributed by atoms with Crippen molar-refractivity contribution in [3.63, 3.8) is 0 Å². The first kappa shape index (κ1) is 13.0. The summed E-state index contributed by atoms with van der Waals surface area (Å²) in [6.07, 6.45) is 3.64. The maximum atomic E-state index is 13.3. The van der Waals surface area contributed by atoms with E-state index in [9.17, 15) is 8.78 Å². The second-order valence-corrected chi connectivity index (χ2v) is 4.77. The van der Waals surface area contributed by atoms with Crippen molar-refractivity contribution < 1.29 is 8.78 Å². The van der Waals surface area contributed by atoms with Crippen LogP contribution in [-0.4, -0.2) is 11.4 Å². The summed E-state index contributed by atoms with van der Waals surface area (Å²) >= 11 is 3.39. The van der Waals surface area contributed by atoms with Crippen LogP contribution in [0.15, 0.2) is 47.1 Å². The van der Waals surface area contributed by atoms with Gasteiger partial charge in [-0.3, -0.25) is 0 Å². The second kappa shape index (κ2) is 5.06. The van der Waals surface area contributed by atoms with E-state index in [4.69, 9.17) is 0 Å². The van der Waals surface area contributed by atoms with Crippen LogP contribution in [0.3, 0.4) is 0 Å². The minimum atomic E-state index is -0.582. The van der Waals surface area contributed by atoms with Crippen molar-refractivity contribution in [3.05, 3.63) is 64.3 Å². The molecule has 0 atom stereocenters. The fraction of sp³-hybridized carbons (Fsp3) is 0.143. The van der Waals surface area contributed by atoms with Gasteiger partial charge in [0, 0.05) is 34.1 Å². The number of likely N-dealkylation sites (N-methyl/N-ethyl adjacent to an activating group) is 1. The van der Waals surface area contributed by atoms with Gasteiger partial charge in [0.25, 0.3) is 0 Å². The van der Waals surface area contributed by atoms with Gasteiger partial charge in [-0.2, -0.15) is 0 Å². The molecular weight excluding hydrogens is 300 g/mol. The lowest BCUT2D eigenvalue weighted by Crippen LogP contribution is -2.22. The molecule has 0 amide bonds. The van der Waals surface area contributed by atoms with Crippen LogP contribution in [0.25, 0.3) is 5.70 Å². The molecule has 1 aromatic carbocycles. The van der Waals surface area contributed by atoms with Gasteiger partial charge in [-0.1, -0.05) is 6.58 Å². The summed E-state index contributed by atoms with van der Waals surface area (Å²) in [5.41, 5.74) is 2.02. The lowest BCUT2D eigenvalue weighted by atomic mass is 10.1. The van der Waals surface area contributed by atoms with E-state index in [0.29, 0.717) is 12.1 Å². The molecule has 0 radical (unpaired) electrons. The van der Waals surface area contributed by atoms with Gasteiger partial charge in [-0.25, -0.2) is 8.78 Å². The van der Waals surface area contributed by atoms with Crippen LogP contribution in [-0.2, 0) is 0 Å². The molecule has 0 unspecified atom stereocenters. The van der Waals surface area contributed by atoms with E-state index in [0.717, 1.165) is 21.9 Å². The summed E-state index contributed by atoms with van der Waals surface area (Å²) in [4.78, 5) is 1.90. The van der Waals surface area contributed by atoms with E-state index in [-0.39, 0.29) is 0 Å². The third-order valence-corrected chi connectivity index (χ3v) is 3.48. The van der Waals surface area contributed by atoms with Gasteiger partial charge >= 0.3 is 0 Å². The number of halogens is 3. The lowest BCUT2D eigenvalue weighted by Gasteiger charge is -2.30. The lowest BCUT2D eigenvalue weighted by molar-refractivity contribution is 0.525. The molecule has 4 heteroatoms. The van der Waals surface area contributed by atoms with E-state index in [2.05, 4.69) is 22.5 Å². The molecule has 1 aliphatic rings. The number of nitrogens with zero attached hydrogens (tertiary/aromatic N) is 1. The van der Waals surface area contributed by atoms with Crippen molar-refractivity contribution in [3.8, 4) is 0 Å². The van der Waals surface area contributed by atoms with Crippen LogP contribution >= 0.6 is 15.9 Å². The smallest absolute Gasteiger partial charge is 0.126 e. The molecule has 0 aromatic heterocycles. The highest BCUT2D eigenvalue weighted by Crippen LogP contribution is 2.33. The van der Waals surface area contributed by atoms with Crippen LogP contribution in [0.4, 0.5) is 8.78 Å². The molecule has 1 nitrogen and oxygen atoms in total. The number of benzene rings is 1. The van der Waals surface area contributed by atoms with Gasteiger partial charge in [-0.05, 0) is 47.1 Å². The van der Waals surface area contributed by atoms with Gasteiger partial charge in [0.05, 0.1) is 0 Å². The first-order chi connectivity index (χ1) is 8.52. The molecule has 1 aliphatic heterocycles. The predicted octanol–water partition coefficient (Wildman–Crippen LogP) is 4.43. The van der Waals surface area contributed by atoms with Crippen molar-refractivity contribution in [1.29, 1.82) is 0 Å². The second-order valence-electron chi connectivity index (χ2n) is 3.92. The number of rotatable bonds is 2. The molecule has 0 saturated carbocycles. The van der Waals surface area contributed by atoms with Crippen molar-refractivity contribution in [2.75, 3.05) is 6.54 Å². The van der Waals surface area contributed by atoms with Gasteiger partial charge in [0.2, 0.25) is 0 Å². The van der Waals surface area contributed by atoms with Crippen LogP contribution in [0.1, 0.15) is 12.5 Å². The highest BCUT2D eigenvalue weighted by Gasteiger charge is 2.19. The van der Waals surface area contributed by atoms with E-state index >= 15 is 0 Å². The Kier molecular flexibility index (Phi) is 3.66. The Hall–Kier alpha value is -1.42. The summed E-state index contributed by atoms with van der Waals surface area (Å²) in [6.45, 7) is 6.58. The molecule has 0 N–H and O–H groups in total. The highest BCUT2D eigenvalue weighted by atomic mass is 79.9. The maximum Gasteiger partial charge on any atom is 0.126 e. The van der Waals surface area contributed by atoms with Crippen molar-refractivity contribution in [1.82, 2.24) is 4.90 Å². The summed E-state index contributed by atoms with van der Waals surface area (Å²) < 4.78 is 27.4. The molecule has 1 heterocycles. The highest BCUT2D eigenvalue weighted by molar-refractivity contribution is 9.12. The molecule has 0 bridgehead atoms. The minimum absolute atomic E-state index is 0.506. The Labute approximate surface area is 113 Å². The Morgan fingerprint density at radius 3 is 2.33 bits per heavy atom. The summed E-state index contributed by atoms with van der Waals surface area (Å²) in [5.74, 6) is -1.16. The van der Waals surface area contributed by atoms with E-state index < -0.39 is 11.6 Å². The summed E-state index contributed by atoms with van der Waals surface area (Å²) in [6, 6.07) is 3.50. The van der Waals surface area contributed by atoms with Crippen LogP contribution in [0.2, 0.25) is 0 Å². The van der Waals surface area contributed by atoms with Gasteiger partial charge in [0.1, 0.15) is 11.6 Å². The van der Waals surface area contributed by atoms with E-state index in [1.807, 2.05) is 24.0 Å². The molecule has 94 valence electrons. The van der Waals surface area contributed by atoms with Gasteiger partial charge in [0.15, 0.2) is 0 Å². The zero-order valence-corrected chi connectivity index (χ0v) is 11.5. The molecule has 0 saturated heterocycles. The predicted molar refractivity (Wildman–Crippen MR) is 72.9 cm³/mol. The van der Waals surface area contributed by atoms with Crippen molar-refractivity contribution in [2.24, 2.45) is 0 Å². The first-order valence-corrected chi connectivity index (χ1v) is 6.33. The average Bonchev–Trinajstić information content (AvgIpc) is 2.31. The Bertz CT molecular complexity index is 541. The van der Waals surface area contributed by atoms with Gasteiger partial charge < -0.3 is 4.90 Å². The summed E-state index contributed by atoms with van der Waals surface area (Å²) in [5, 5.41) is 0. The quantitative estimate of drug-likeness (QED) is 0.781. The molecule has 18 heavy (non-hydrogen) atoms. The Morgan fingerprint density at radius 1 is 1.17 bits per heavy atom. The normalized spacial score (nSPS) is 15.6. The topological polar surface area (TPSA) is 3.24 Å². The molecule has 2 rings (SSSR count). The van der Waals surface area contributed by atoms with E-state index in [1.54, 1.807) is 0 Å². The Balaban J connectivity index is 2.51. The molecule has 0 spiro atoms. The molecule has 1 aromatic rings. The molecular formula is C14H12BrF2N. The monoisotopic (exact) mass is 311 g/mol. The van der Waals surface area contributed by atoms with Crippen molar-refractivity contribution >= 4 is 21.6 Å². The van der Waals surface area contributed by atoms with Crippen molar-refractivity contribution in [2.45, 2.75) is 6.92 Å². The minimum Gasteiger partial charge on any atom is -0.341 e. The Morgan fingerprint density at radius 2 is 1.78 bits per heavy atom. The zero-order chi connectivity index (χ0) is 13.3. The standard InChI is InChI=1S/C14H12BrF2N/c1-3-18-9(2)13(15)4-5-14(18)10-6-11(16)8-12(17)7-10/h4-8H,2-3H2,1H3. The number of allylic oxidation sites excluding steroid dienone is 3. The number of hydrogen-bond donors (Lipinski definition) is 0. The van der Waals surface area contributed by atoms with Crippen LogP contribution in [0, 0.1) is 11.6 Å². The first-order valence-electron chi connectivity index (χ1n) is 5.53. The average molecular weight is 312 g/mol. The molecule has 0 aliphatic carbocycles. The molecule has 0 fully saturated rings. The zero-order valence-electron chi connectivity index (χ0n) is 9.88. The third kappa shape index (κ3) is 2.38. The maximum absolute atomic E-state index is 13.3. The van der Waals surface area contributed by atoms with Crippen LogP contribution in [0.5, 0.6) is 0 Å². The fourth-order valence-electron chi connectivity index (χ4n) is 1.93. The number of hydrogen-bond acceptors (Lipinski definition) is 1.